The summed E-state index contributed by atoms with van der Waals surface area (Å²) in [6.07, 6.45) is 0.805. The Hall–Kier alpha value is -3.49. The quantitative estimate of drug-likeness (QED) is 0.153. The first-order valence-corrected chi connectivity index (χ1v) is 10.4. The highest BCUT2D eigenvalue weighted by Gasteiger charge is 2.10. The first-order chi connectivity index (χ1) is 15.5. The number of esters is 1. The number of benzene rings is 3. The summed E-state index contributed by atoms with van der Waals surface area (Å²) in [5.41, 5.74) is 4.30. The number of hydrogen-bond acceptors (Lipinski definition) is 8. The van der Waals surface area contributed by atoms with Crippen LogP contribution in [0, 0.1) is 0 Å². The molecule has 0 aromatic heterocycles. The molecular weight excluding hydrogens is 428 g/mol. The van der Waals surface area contributed by atoms with Gasteiger partial charge >= 0.3 is 5.97 Å². The average Bonchev–Trinajstić information content (AvgIpc) is 2.83. The van der Waals surface area contributed by atoms with Crippen LogP contribution in [0.4, 0.5) is 11.4 Å². The molecule has 0 unspecified atom stereocenters. The number of ether oxygens (including phenoxy) is 2. The molecule has 3 aromatic carbocycles. The number of para-hydroxylation sites is 1. The molecule has 0 heterocycles. The van der Waals surface area contributed by atoms with Crippen molar-refractivity contribution in [3.05, 3.63) is 72.3 Å². The van der Waals surface area contributed by atoms with Gasteiger partial charge in [0, 0.05) is 25.1 Å². The number of carbonyl (C=O) groups is 2. The predicted octanol–water partition coefficient (Wildman–Crippen LogP) is 5.45. The lowest BCUT2D eigenvalue weighted by molar-refractivity contribution is -0.131. The number of carbonyl (C=O) groups excluding carboxylic acids is 2. The molecule has 0 aliphatic rings. The van der Waals surface area contributed by atoms with Crippen molar-refractivity contribution >= 4 is 35.9 Å². The molecule has 32 heavy (non-hydrogen) atoms. The summed E-state index contributed by atoms with van der Waals surface area (Å²) in [7, 11) is 5.04. The standard InChI is InChI=1S/C16H18N2O3S.C8H8O2/c1-11(19)21-16-7-5-4-6-13(16)12-8-9-14(18-22-20-3)15(10-12)17-2;1-10-8-4-2-7(6-9)3-5-8/h4-10,17-18H,1-3H3;2-6H,1H3. The highest BCUT2D eigenvalue weighted by atomic mass is 32.2. The monoisotopic (exact) mass is 454 g/mol. The van der Waals surface area contributed by atoms with Gasteiger partial charge in [0.05, 0.1) is 25.6 Å². The molecule has 0 bridgehead atoms. The number of aldehydes is 1. The zero-order chi connectivity index (χ0) is 23.3. The molecule has 0 saturated carbocycles. The fraction of sp³-hybridized carbons (Fsp3) is 0.167. The van der Waals surface area contributed by atoms with Crippen LogP contribution in [0.25, 0.3) is 11.1 Å². The second-order valence-electron chi connectivity index (χ2n) is 6.34. The van der Waals surface area contributed by atoms with Crippen molar-refractivity contribution in [1.82, 2.24) is 0 Å². The molecule has 7 nitrogen and oxygen atoms in total. The summed E-state index contributed by atoms with van der Waals surface area (Å²) in [5.74, 6) is 0.978. The average molecular weight is 455 g/mol. The SMILES string of the molecule is CNc1cc(-c2ccccc2OC(C)=O)ccc1NSOC.COc1ccc(C=O)cc1. The summed E-state index contributed by atoms with van der Waals surface area (Å²) in [5, 5.41) is 3.14. The van der Waals surface area contributed by atoms with Crippen LogP contribution < -0.4 is 19.5 Å². The molecule has 0 amide bonds. The molecule has 0 aliphatic carbocycles. The van der Waals surface area contributed by atoms with Crippen LogP contribution in [0.2, 0.25) is 0 Å². The van der Waals surface area contributed by atoms with Gasteiger partial charge in [-0.25, -0.2) is 0 Å². The van der Waals surface area contributed by atoms with Gasteiger partial charge in [-0.3, -0.25) is 9.59 Å². The van der Waals surface area contributed by atoms with E-state index in [0.29, 0.717) is 11.3 Å². The van der Waals surface area contributed by atoms with Crippen molar-refractivity contribution < 1.29 is 23.2 Å². The maximum Gasteiger partial charge on any atom is 0.308 e. The van der Waals surface area contributed by atoms with Crippen LogP contribution in [0.5, 0.6) is 11.5 Å². The minimum Gasteiger partial charge on any atom is -0.497 e. The highest BCUT2D eigenvalue weighted by molar-refractivity contribution is 7.96. The summed E-state index contributed by atoms with van der Waals surface area (Å²) in [6.45, 7) is 1.39. The van der Waals surface area contributed by atoms with Crippen molar-refractivity contribution in [3.63, 3.8) is 0 Å². The number of methoxy groups -OCH3 is 1. The molecule has 0 saturated heterocycles. The molecule has 3 aromatic rings. The normalized spacial score (nSPS) is 9.75. The van der Waals surface area contributed by atoms with E-state index in [1.54, 1.807) is 44.6 Å². The van der Waals surface area contributed by atoms with Crippen LogP contribution in [0.3, 0.4) is 0 Å². The maximum absolute atomic E-state index is 11.2. The molecule has 2 N–H and O–H groups in total. The minimum atomic E-state index is -0.337. The molecule has 0 fully saturated rings. The summed E-state index contributed by atoms with van der Waals surface area (Å²) < 4.78 is 18.2. The number of hydrogen-bond donors (Lipinski definition) is 2. The molecule has 168 valence electrons. The Kier molecular flexibility index (Phi) is 10.1. The van der Waals surface area contributed by atoms with Crippen molar-refractivity contribution in [2.24, 2.45) is 0 Å². The lowest BCUT2D eigenvalue weighted by Crippen LogP contribution is -2.02. The van der Waals surface area contributed by atoms with E-state index >= 15 is 0 Å². The van der Waals surface area contributed by atoms with Gasteiger partial charge in [-0.2, -0.15) is 0 Å². The van der Waals surface area contributed by atoms with Crippen molar-refractivity contribution in [3.8, 4) is 22.6 Å². The zero-order valence-corrected chi connectivity index (χ0v) is 19.2. The van der Waals surface area contributed by atoms with Crippen LogP contribution >= 0.6 is 12.2 Å². The number of rotatable bonds is 8. The second kappa shape index (κ2) is 13.0. The topological polar surface area (TPSA) is 85.9 Å². The van der Waals surface area contributed by atoms with E-state index in [9.17, 15) is 9.59 Å². The van der Waals surface area contributed by atoms with Crippen LogP contribution in [0.15, 0.2) is 66.7 Å². The Morgan fingerprint density at radius 3 is 2.28 bits per heavy atom. The Bertz CT molecular complexity index is 1030. The first-order valence-electron chi connectivity index (χ1n) is 9.66. The van der Waals surface area contributed by atoms with Gasteiger partial charge in [-0.1, -0.05) is 24.3 Å². The third-order valence-corrected chi connectivity index (χ3v) is 4.70. The molecule has 0 radical (unpaired) electrons. The number of nitrogens with one attached hydrogen (secondary N) is 2. The molecular formula is C24H26N2O5S. The molecule has 0 aliphatic heterocycles. The van der Waals surface area contributed by atoms with E-state index in [-0.39, 0.29) is 5.97 Å². The second-order valence-corrected chi connectivity index (χ2v) is 7.05. The van der Waals surface area contributed by atoms with Crippen LogP contribution in [0.1, 0.15) is 17.3 Å². The van der Waals surface area contributed by atoms with Gasteiger partial charge in [0.2, 0.25) is 0 Å². The zero-order valence-electron chi connectivity index (χ0n) is 18.4. The van der Waals surface area contributed by atoms with Gasteiger partial charge < -0.3 is 23.7 Å². The Balaban J connectivity index is 0.000000303. The van der Waals surface area contributed by atoms with E-state index in [1.807, 2.05) is 43.4 Å². The van der Waals surface area contributed by atoms with Crippen molar-refractivity contribution in [2.45, 2.75) is 6.92 Å². The van der Waals surface area contributed by atoms with Gasteiger partial charge in [-0.05, 0) is 48.0 Å². The Morgan fingerprint density at radius 1 is 0.969 bits per heavy atom. The fourth-order valence-corrected chi connectivity index (χ4v) is 3.08. The fourth-order valence-electron chi connectivity index (χ4n) is 2.73. The summed E-state index contributed by atoms with van der Waals surface area (Å²) >= 11 is 1.14. The third kappa shape index (κ3) is 7.33. The van der Waals surface area contributed by atoms with Gasteiger partial charge in [0.15, 0.2) is 0 Å². The van der Waals surface area contributed by atoms with Crippen LogP contribution in [-0.2, 0) is 8.98 Å². The maximum atomic E-state index is 11.2. The minimum absolute atomic E-state index is 0.337. The van der Waals surface area contributed by atoms with E-state index in [0.717, 1.165) is 46.8 Å². The smallest absolute Gasteiger partial charge is 0.308 e. The summed E-state index contributed by atoms with van der Waals surface area (Å²) in [6, 6.07) is 20.3. The first kappa shape index (κ1) is 24.8. The molecule has 3 rings (SSSR count). The lowest BCUT2D eigenvalue weighted by Gasteiger charge is -2.14. The van der Waals surface area contributed by atoms with E-state index in [2.05, 4.69) is 10.0 Å². The van der Waals surface area contributed by atoms with Gasteiger partial charge in [0.1, 0.15) is 30.0 Å². The van der Waals surface area contributed by atoms with E-state index in [1.165, 1.54) is 6.92 Å². The molecule has 8 heteroatoms. The van der Waals surface area contributed by atoms with Crippen LogP contribution in [-0.4, -0.2) is 33.5 Å². The summed E-state index contributed by atoms with van der Waals surface area (Å²) in [4.78, 5) is 21.4. The predicted molar refractivity (Wildman–Crippen MR) is 129 cm³/mol. The molecule has 0 atom stereocenters. The van der Waals surface area contributed by atoms with E-state index in [4.69, 9.17) is 13.7 Å². The highest BCUT2D eigenvalue weighted by Crippen LogP contribution is 2.35. The molecule has 0 spiro atoms. The van der Waals surface area contributed by atoms with Crippen molar-refractivity contribution in [1.29, 1.82) is 0 Å². The van der Waals surface area contributed by atoms with Gasteiger partial charge in [0.25, 0.3) is 0 Å². The Labute approximate surface area is 192 Å². The largest absolute Gasteiger partial charge is 0.497 e. The third-order valence-electron chi connectivity index (χ3n) is 4.23. The Morgan fingerprint density at radius 2 is 1.69 bits per heavy atom. The lowest BCUT2D eigenvalue weighted by atomic mass is 10.0. The van der Waals surface area contributed by atoms with Gasteiger partial charge in [-0.15, -0.1) is 0 Å². The van der Waals surface area contributed by atoms with Crippen molar-refractivity contribution in [2.75, 3.05) is 31.3 Å². The van der Waals surface area contributed by atoms with E-state index < -0.39 is 0 Å². The number of anilines is 2.